The number of rotatable bonds is 4. The van der Waals surface area contributed by atoms with Gasteiger partial charge in [0.2, 0.25) is 5.91 Å². The molecule has 0 spiro atoms. The Balaban J connectivity index is 2.82. The molecule has 1 aromatic carbocycles. The van der Waals surface area contributed by atoms with Gasteiger partial charge in [0.05, 0.1) is 0 Å². The Morgan fingerprint density at radius 2 is 1.89 bits per heavy atom. The van der Waals surface area contributed by atoms with Gasteiger partial charge in [-0.1, -0.05) is 19.9 Å². The fourth-order valence-electron chi connectivity index (χ4n) is 1.45. The number of hydrogen-bond donors (Lipinski definition) is 3. The average molecular weight is 263 g/mol. The molecule has 3 N–H and O–H groups in total. The molecule has 1 aromatic rings. The number of hydrogen-bond acceptors (Lipinski definition) is 2. The second kappa shape index (κ2) is 6.78. The molecule has 0 aliphatic carbocycles. The molecule has 1 rings (SSSR count). The monoisotopic (exact) mass is 263 g/mol. The van der Waals surface area contributed by atoms with Gasteiger partial charge in [-0.15, -0.1) is 0 Å². The minimum Gasteiger partial charge on any atom is -0.338 e. The van der Waals surface area contributed by atoms with Crippen LogP contribution in [0.1, 0.15) is 26.3 Å². The van der Waals surface area contributed by atoms with Crippen molar-refractivity contribution in [2.45, 2.75) is 27.7 Å². The molecule has 104 valence electrons. The maximum atomic E-state index is 11.6. The summed E-state index contributed by atoms with van der Waals surface area (Å²) in [5.41, 5.74) is 2.30. The SMILES string of the molecule is CCNC(=O)Nc1cc(NC(=O)C(C)C)ccc1C. The summed E-state index contributed by atoms with van der Waals surface area (Å²) in [5.74, 6) is -0.131. The summed E-state index contributed by atoms with van der Waals surface area (Å²) in [6.07, 6.45) is 0. The van der Waals surface area contributed by atoms with Gasteiger partial charge in [0, 0.05) is 23.8 Å². The van der Waals surface area contributed by atoms with E-state index in [1.807, 2.05) is 39.8 Å². The molecule has 0 atom stereocenters. The minimum atomic E-state index is -0.252. The molecule has 19 heavy (non-hydrogen) atoms. The number of anilines is 2. The van der Waals surface area contributed by atoms with Crippen LogP contribution in [-0.4, -0.2) is 18.5 Å². The largest absolute Gasteiger partial charge is 0.338 e. The third-order valence-electron chi connectivity index (χ3n) is 2.62. The van der Waals surface area contributed by atoms with E-state index in [0.717, 1.165) is 5.56 Å². The van der Waals surface area contributed by atoms with Crippen LogP contribution in [0.15, 0.2) is 18.2 Å². The van der Waals surface area contributed by atoms with Crippen LogP contribution in [0.25, 0.3) is 0 Å². The van der Waals surface area contributed by atoms with E-state index >= 15 is 0 Å². The zero-order chi connectivity index (χ0) is 14.4. The minimum absolute atomic E-state index is 0.0483. The smallest absolute Gasteiger partial charge is 0.319 e. The summed E-state index contributed by atoms with van der Waals surface area (Å²) in [5, 5.41) is 8.22. The quantitative estimate of drug-likeness (QED) is 0.781. The number of amides is 3. The lowest BCUT2D eigenvalue weighted by molar-refractivity contribution is -0.118. The van der Waals surface area contributed by atoms with E-state index in [4.69, 9.17) is 0 Å². The lowest BCUT2D eigenvalue weighted by Gasteiger charge is -2.12. The lowest BCUT2D eigenvalue weighted by Crippen LogP contribution is -2.28. The molecule has 5 heteroatoms. The summed E-state index contributed by atoms with van der Waals surface area (Å²) in [6, 6.07) is 5.18. The van der Waals surface area contributed by atoms with E-state index < -0.39 is 0 Å². The summed E-state index contributed by atoms with van der Waals surface area (Å²) >= 11 is 0. The highest BCUT2D eigenvalue weighted by Crippen LogP contribution is 2.20. The molecule has 0 aliphatic heterocycles. The number of aryl methyl sites for hydroxylation is 1. The predicted octanol–water partition coefficient (Wildman–Crippen LogP) is 2.73. The molecule has 0 heterocycles. The number of carbonyl (C=O) groups excluding carboxylic acids is 2. The summed E-state index contributed by atoms with van der Waals surface area (Å²) < 4.78 is 0. The predicted molar refractivity (Wildman–Crippen MR) is 77.3 cm³/mol. The van der Waals surface area contributed by atoms with E-state index in [1.165, 1.54) is 0 Å². The fraction of sp³-hybridized carbons (Fsp3) is 0.429. The first-order valence-corrected chi connectivity index (χ1v) is 6.40. The van der Waals surface area contributed by atoms with E-state index in [9.17, 15) is 9.59 Å². The van der Waals surface area contributed by atoms with Crippen LogP contribution in [0.4, 0.5) is 16.2 Å². The molecule has 0 aliphatic rings. The van der Waals surface area contributed by atoms with Crippen LogP contribution >= 0.6 is 0 Å². The van der Waals surface area contributed by atoms with Gasteiger partial charge in [-0.05, 0) is 31.5 Å². The Bertz CT molecular complexity index is 470. The van der Waals surface area contributed by atoms with Crippen molar-refractivity contribution in [3.8, 4) is 0 Å². The zero-order valence-electron chi connectivity index (χ0n) is 11.8. The van der Waals surface area contributed by atoms with Crippen LogP contribution < -0.4 is 16.0 Å². The van der Waals surface area contributed by atoms with Crippen LogP contribution in [-0.2, 0) is 4.79 Å². The fourth-order valence-corrected chi connectivity index (χ4v) is 1.45. The summed E-state index contributed by atoms with van der Waals surface area (Å²) in [7, 11) is 0. The Morgan fingerprint density at radius 1 is 1.21 bits per heavy atom. The van der Waals surface area contributed by atoms with Crippen molar-refractivity contribution in [1.29, 1.82) is 0 Å². The van der Waals surface area contributed by atoms with E-state index in [-0.39, 0.29) is 17.9 Å². The molecular weight excluding hydrogens is 242 g/mol. The highest BCUT2D eigenvalue weighted by molar-refractivity contribution is 5.94. The van der Waals surface area contributed by atoms with Crippen LogP contribution in [0.5, 0.6) is 0 Å². The number of nitrogens with one attached hydrogen (secondary N) is 3. The van der Waals surface area contributed by atoms with Gasteiger partial charge in [0.15, 0.2) is 0 Å². The first-order valence-electron chi connectivity index (χ1n) is 6.40. The van der Waals surface area contributed by atoms with Crippen molar-refractivity contribution in [1.82, 2.24) is 5.32 Å². The Kier molecular flexibility index (Phi) is 5.36. The first kappa shape index (κ1) is 15.0. The maximum absolute atomic E-state index is 11.6. The highest BCUT2D eigenvalue weighted by Gasteiger charge is 2.09. The normalized spacial score (nSPS) is 10.2. The van der Waals surface area contributed by atoms with Gasteiger partial charge >= 0.3 is 6.03 Å². The van der Waals surface area contributed by atoms with Crippen molar-refractivity contribution in [3.05, 3.63) is 23.8 Å². The Morgan fingerprint density at radius 3 is 2.47 bits per heavy atom. The van der Waals surface area contributed by atoms with Gasteiger partial charge < -0.3 is 16.0 Å². The van der Waals surface area contributed by atoms with Gasteiger partial charge in [-0.2, -0.15) is 0 Å². The third-order valence-corrected chi connectivity index (χ3v) is 2.62. The highest BCUT2D eigenvalue weighted by atomic mass is 16.2. The van der Waals surface area contributed by atoms with Crippen molar-refractivity contribution in [3.63, 3.8) is 0 Å². The molecule has 0 fully saturated rings. The molecule has 0 bridgehead atoms. The van der Waals surface area contributed by atoms with Gasteiger partial charge in [-0.3, -0.25) is 4.79 Å². The van der Waals surface area contributed by atoms with E-state index in [0.29, 0.717) is 17.9 Å². The Labute approximate surface area is 113 Å². The van der Waals surface area contributed by atoms with Crippen LogP contribution in [0, 0.1) is 12.8 Å². The topological polar surface area (TPSA) is 70.2 Å². The van der Waals surface area contributed by atoms with Crippen molar-refractivity contribution in [2.75, 3.05) is 17.2 Å². The molecule has 0 saturated carbocycles. The number of carbonyl (C=O) groups is 2. The van der Waals surface area contributed by atoms with E-state index in [1.54, 1.807) is 6.07 Å². The van der Waals surface area contributed by atoms with Gasteiger partial charge in [0.25, 0.3) is 0 Å². The van der Waals surface area contributed by atoms with Crippen LogP contribution in [0.3, 0.4) is 0 Å². The Hall–Kier alpha value is -2.04. The van der Waals surface area contributed by atoms with E-state index in [2.05, 4.69) is 16.0 Å². The zero-order valence-corrected chi connectivity index (χ0v) is 11.8. The maximum Gasteiger partial charge on any atom is 0.319 e. The van der Waals surface area contributed by atoms with Crippen molar-refractivity contribution < 1.29 is 9.59 Å². The van der Waals surface area contributed by atoms with Gasteiger partial charge in [-0.25, -0.2) is 4.79 Å². The summed E-state index contributed by atoms with van der Waals surface area (Å²) in [4.78, 5) is 23.1. The average Bonchev–Trinajstić information content (AvgIpc) is 2.33. The second-order valence-electron chi connectivity index (χ2n) is 4.66. The molecule has 0 unspecified atom stereocenters. The van der Waals surface area contributed by atoms with Crippen LogP contribution in [0.2, 0.25) is 0 Å². The third kappa shape index (κ3) is 4.62. The lowest BCUT2D eigenvalue weighted by atomic mass is 10.1. The van der Waals surface area contributed by atoms with Gasteiger partial charge in [0.1, 0.15) is 0 Å². The van der Waals surface area contributed by atoms with Crippen molar-refractivity contribution in [2.24, 2.45) is 5.92 Å². The molecule has 3 amide bonds. The molecular formula is C14H21N3O2. The summed E-state index contributed by atoms with van der Waals surface area (Å²) in [6.45, 7) is 7.98. The van der Waals surface area contributed by atoms with Crippen molar-refractivity contribution >= 4 is 23.3 Å². The molecule has 0 saturated heterocycles. The standard InChI is InChI=1S/C14H21N3O2/c1-5-15-14(19)17-12-8-11(7-6-10(12)4)16-13(18)9(2)3/h6-9H,5H2,1-4H3,(H,16,18)(H2,15,17,19). The first-order chi connectivity index (χ1) is 8.93. The molecule has 0 radical (unpaired) electrons. The molecule has 0 aromatic heterocycles. The number of benzene rings is 1. The molecule has 5 nitrogen and oxygen atoms in total. The second-order valence-corrected chi connectivity index (χ2v) is 4.66. The number of urea groups is 1.